The standard InChI is InChI=1S/C24H29N5O7S2.2ClH/c1-4-12-34-27-24(25)28-35-20-13-18(2)14-21(15-20)36-38(32,33)23-10-6-5-9-22(23)37(30,31)29(3)17-19-8-7-11-26-16-19;;/h5-11,13-16H,4,12,17H2,1-3H3,(H3,25,27,28);2*1H. The maximum atomic E-state index is 13.3. The number of aryl methyl sites for hydroxylation is 1. The Balaban J connectivity index is 0.00000400. The maximum absolute atomic E-state index is 13.3. The lowest BCUT2D eigenvalue weighted by Crippen LogP contribution is -2.32. The Bertz CT molecular complexity index is 1490. The smallest absolute Gasteiger partial charge is 0.340 e. The van der Waals surface area contributed by atoms with E-state index in [-0.39, 0.29) is 48.8 Å². The molecule has 0 aliphatic heterocycles. The molecule has 0 atom stereocenters. The molecule has 0 unspecified atom stereocenters. The Hall–Kier alpha value is -3.14. The fourth-order valence-corrected chi connectivity index (χ4v) is 6.05. The predicted molar refractivity (Wildman–Crippen MR) is 154 cm³/mol. The van der Waals surface area contributed by atoms with E-state index in [0.717, 1.165) is 10.7 Å². The molecule has 0 aliphatic rings. The van der Waals surface area contributed by atoms with Crippen LogP contribution in [-0.4, -0.2) is 45.7 Å². The molecule has 3 aromatic rings. The van der Waals surface area contributed by atoms with E-state index in [1.165, 1.54) is 49.6 Å². The number of nitrogens with one attached hydrogen (secondary N) is 1. The number of benzene rings is 2. The Kier molecular flexibility index (Phi) is 13.6. The fraction of sp³-hybridized carbons (Fsp3) is 0.250. The average molecular weight is 637 g/mol. The van der Waals surface area contributed by atoms with Crippen molar-refractivity contribution >= 4 is 50.9 Å². The van der Waals surface area contributed by atoms with Gasteiger partial charge >= 0.3 is 10.1 Å². The van der Waals surface area contributed by atoms with Crippen molar-refractivity contribution in [3.8, 4) is 11.5 Å². The Morgan fingerprint density at radius 1 is 1.02 bits per heavy atom. The van der Waals surface area contributed by atoms with Gasteiger partial charge in [0.2, 0.25) is 10.0 Å². The van der Waals surface area contributed by atoms with Crippen LogP contribution in [0.5, 0.6) is 11.5 Å². The van der Waals surface area contributed by atoms with Gasteiger partial charge in [-0.05, 0) is 60.0 Å². The van der Waals surface area contributed by atoms with E-state index >= 15 is 0 Å². The van der Waals surface area contributed by atoms with Crippen LogP contribution >= 0.6 is 24.8 Å². The number of aromatic nitrogens is 1. The molecule has 1 heterocycles. The molecule has 12 nitrogen and oxygen atoms in total. The maximum Gasteiger partial charge on any atom is 0.340 e. The summed E-state index contributed by atoms with van der Waals surface area (Å²) in [5.74, 6) is -0.128. The van der Waals surface area contributed by atoms with Gasteiger partial charge in [-0.1, -0.05) is 25.1 Å². The number of pyridine rings is 1. The summed E-state index contributed by atoms with van der Waals surface area (Å²) in [4.78, 5) is 13.3. The van der Waals surface area contributed by atoms with E-state index in [9.17, 15) is 16.8 Å². The summed E-state index contributed by atoms with van der Waals surface area (Å²) in [6.07, 6.45) is 3.86. The number of hydrogen-bond donors (Lipinski definition) is 2. The summed E-state index contributed by atoms with van der Waals surface area (Å²) in [6, 6.07) is 12.9. The minimum atomic E-state index is -4.58. The van der Waals surface area contributed by atoms with Crippen molar-refractivity contribution < 1.29 is 30.7 Å². The zero-order chi connectivity index (χ0) is 27.8. The second-order valence-electron chi connectivity index (χ2n) is 8.11. The number of hydroxylamine groups is 1. The van der Waals surface area contributed by atoms with E-state index in [1.807, 2.05) is 6.92 Å². The molecule has 0 saturated heterocycles. The molecule has 0 amide bonds. The first-order chi connectivity index (χ1) is 18.0. The monoisotopic (exact) mass is 635 g/mol. The molecule has 220 valence electrons. The van der Waals surface area contributed by atoms with Gasteiger partial charge in [-0.25, -0.2) is 13.9 Å². The normalized spacial score (nSPS) is 11.8. The molecule has 0 fully saturated rings. The Morgan fingerprint density at radius 2 is 1.70 bits per heavy atom. The number of nitrogens with zero attached hydrogens (tertiary/aromatic N) is 3. The van der Waals surface area contributed by atoms with E-state index in [0.29, 0.717) is 17.7 Å². The van der Waals surface area contributed by atoms with Gasteiger partial charge < -0.3 is 14.8 Å². The first-order valence-electron chi connectivity index (χ1n) is 11.4. The summed E-state index contributed by atoms with van der Waals surface area (Å²) in [5, 5.41) is 3.67. The predicted octanol–water partition coefficient (Wildman–Crippen LogP) is 3.36. The van der Waals surface area contributed by atoms with Crippen LogP contribution in [0.25, 0.3) is 0 Å². The summed E-state index contributed by atoms with van der Waals surface area (Å²) in [6.45, 7) is 4.01. The van der Waals surface area contributed by atoms with E-state index < -0.39 is 29.9 Å². The molecule has 2 aromatic carbocycles. The van der Waals surface area contributed by atoms with Crippen molar-refractivity contribution in [3.63, 3.8) is 0 Å². The summed E-state index contributed by atoms with van der Waals surface area (Å²) < 4.78 is 59.5. The lowest BCUT2D eigenvalue weighted by Gasteiger charge is -2.19. The first-order valence-corrected chi connectivity index (χ1v) is 14.3. The topological polar surface area (TPSA) is 163 Å². The molecule has 0 saturated carbocycles. The van der Waals surface area contributed by atoms with Gasteiger partial charge in [0.05, 0.1) is 6.61 Å². The number of hydrogen-bond acceptors (Lipinski definition) is 9. The summed E-state index contributed by atoms with van der Waals surface area (Å²) in [5.41, 5.74) is 9.27. The van der Waals surface area contributed by atoms with E-state index in [1.54, 1.807) is 31.3 Å². The third-order valence-corrected chi connectivity index (χ3v) is 8.19. The molecule has 3 N–H and O–H groups in total. The molecule has 40 heavy (non-hydrogen) atoms. The highest BCUT2D eigenvalue weighted by atomic mass is 35.5. The third-order valence-electron chi connectivity index (χ3n) is 4.90. The minimum absolute atomic E-state index is 0. The largest absolute Gasteiger partial charge is 0.379 e. The molecular weight excluding hydrogens is 605 g/mol. The molecule has 0 spiro atoms. The van der Waals surface area contributed by atoms with Crippen LogP contribution in [0.2, 0.25) is 0 Å². The average Bonchev–Trinajstić information content (AvgIpc) is 2.87. The lowest BCUT2D eigenvalue weighted by molar-refractivity contribution is 0.0824. The lowest BCUT2D eigenvalue weighted by atomic mass is 10.2. The number of rotatable bonds is 12. The van der Waals surface area contributed by atoms with Gasteiger partial charge in [-0.2, -0.15) is 12.7 Å². The van der Waals surface area contributed by atoms with Gasteiger partial charge in [-0.15, -0.1) is 24.8 Å². The number of guanidine groups is 1. The molecule has 3 rings (SSSR count). The second kappa shape index (κ2) is 15.6. The SMILES string of the molecule is CCCONC(N)=NOc1cc(C)cc(OS(=O)(=O)c2ccccc2S(=O)(=O)N(C)Cc2cccnc2)c1.Cl.Cl. The molecule has 0 radical (unpaired) electrons. The van der Waals surface area contributed by atoms with Gasteiger partial charge in [0.25, 0.3) is 5.96 Å². The highest BCUT2D eigenvalue weighted by molar-refractivity contribution is 7.91. The Morgan fingerprint density at radius 3 is 2.35 bits per heavy atom. The highest BCUT2D eigenvalue weighted by Crippen LogP contribution is 2.29. The van der Waals surface area contributed by atoms with Crippen molar-refractivity contribution in [3.05, 3.63) is 78.1 Å². The zero-order valence-corrected chi connectivity index (χ0v) is 25.1. The van der Waals surface area contributed by atoms with Gasteiger partial charge in [-0.3, -0.25) is 9.82 Å². The van der Waals surface area contributed by atoms with Gasteiger partial charge in [0, 0.05) is 32.1 Å². The number of oxime groups is 1. The van der Waals surface area contributed by atoms with E-state index in [4.69, 9.17) is 19.6 Å². The van der Waals surface area contributed by atoms with Crippen molar-refractivity contribution in [1.29, 1.82) is 0 Å². The van der Waals surface area contributed by atoms with Crippen LogP contribution in [-0.2, 0) is 31.5 Å². The number of nitrogens with two attached hydrogens (primary N) is 1. The van der Waals surface area contributed by atoms with Crippen LogP contribution in [0, 0.1) is 6.92 Å². The quantitative estimate of drug-likeness (QED) is 0.0991. The van der Waals surface area contributed by atoms with Crippen LogP contribution in [0.1, 0.15) is 24.5 Å². The molecule has 16 heteroatoms. The molecule has 0 aliphatic carbocycles. The number of halogens is 2. The minimum Gasteiger partial charge on any atom is -0.379 e. The van der Waals surface area contributed by atoms with Crippen molar-refractivity contribution in [2.24, 2.45) is 10.9 Å². The van der Waals surface area contributed by atoms with E-state index in [2.05, 4.69) is 15.6 Å². The molecule has 0 bridgehead atoms. The van der Waals surface area contributed by atoms with Crippen molar-refractivity contribution in [2.45, 2.75) is 36.6 Å². The van der Waals surface area contributed by atoms with Gasteiger partial charge in [0.1, 0.15) is 15.5 Å². The van der Waals surface area contributed by atoms with Crippen LogP contribution in [0.4, 0.5) is 0 Å². The van der Waals surface area contributed by atoms with Crippen molar-refractivity contribution in [2.75, 3.05) is 13.7 Å². The van der Waals surface area contributed by atoms with Crippen molar-refractivity contribution in [1.82, 2.24) is 14.8 Å². The van der Waals surface area contributed by atoms with Gasteiger partial charge in [0.15, 0.2) is 5.75 Å². The first kappa shape index (κ1) is 34.9. The summed E-state index contributed by atoms with van der Waals surface area (Å²) in [7, 11) is -7.44. The number of sulfonamides is 1. The highest BCUT2D eigenvalue weighted by Gasteiger charge is 2.31. The second-order valence-corrected chi connectivity index (χ2v) is 11.6. The fourth-order valence-electron chi connectivity index (χ4n) is 3.21. The zero-order valence-electron chi connectivity index (χ0n) is 21.9. The Labute approximate surface area is 246 Å². The van der Waals surface area contributed by atoms with Crippen LogP contribution < -0.4 is 20.2 Å². The third kappa shape index (κ3) is 9.50. The molecular formula is C24H31Cl2N5O7S2. The molecule has 1 aromatic heterocycles. The van der Waals surface area contributed by atoms with Crippen LogP contribution in [0.3, 0.4) is 0 Å². The van der Waals surface area contributed by atoms with Crippen LogP contribution in [0.15, 0.2) is 81.9 Å². The summed E-state index contributed by atoms with van der Waals surface area (Å²) >= 11 is 0.